The fourth-order valence-corrected chi connectivity index (χ4v) is 2.55. The summed E-state index contributed by atoms with van der Waals surface area (Å²) in [6, 6.07) is 2.35. The second kappa shape index (κ2) is 5.17. The minimum Gasteiger partial charge on any atom is -0.384 e. The van der Waals surface area contributed by atoms with Crippen molar-refractivity contribution >= 4 is 15.8 Å². The predicted octanol–water partition coefficient (Wildman–Crippen LogP) is 0.759. The van der Waals surface area contributed by atoms with Crippen LogP contribution in [0.1, 0.15) is 5.56 Å². The number of sulfonamides is 1. The first-order valence-electron chi connectivity index (χ1n) is 5.52. The Morgan fingerprint density at radius 3 is 2.60 bits per heavy atom. The van der Waals surface area contributed by atoms with Crippen LogP contribution in [0.3, 0.4) is 0 Å². The Balaban J connectivity index is 2.19. The summed E-state index contributed by atoms with van der Waals surface area (Å²) in [5.41, 5.74) is 6.16. The lowest BCUT2D eigenvalue weighted by atomic mass is 10.3. The molecule has 108 valence electrons. The van der Waals surface area contributed by atoms with Gasteiger partial charge in [0.1, 0.15) is 5.82 Å². The van der Waals surface area contributed by atoms with Crippen LogP contribution in [-0.2, 0) is 23.6 Å². The molecule has 9 heteroatoms. The molecule has 20 heavy (non-hydrogen) atoms. The summed E-state index contributed by atoms with van der Waals surface area (Å²) in [4.78, 5) is -0.362. The number of nitrogens with two attached hydrogens (primary N) is 1. The highest BCUT2D eigenvalue weighted by Crippen LogP contribution is 2.15. The SMILES string of the molecule is Cn1ncc(CNS(=O)(=O)c2ccc(F)c(F)c2)c1N. The van der Waals surface area contributed by atoms with E-state index in [0.29, 0.717) is 17.4 Å². The van der Waals surface area contributed by atoms with Gasteiger partial charge >= 0.3 is 0 Å². The molecular formula is C11H12F2N4O2S. The quantitative estimate of drug-likeness (QED) is 0.872. The van der Waals surface area contributed by atoms with E-state index in [0.717, 1.165) is 12.1 Å². The van der Waals surface area contributed by atoms with Gasteiger partial charge in [0.2, 0.25) is 10.0 Å². The Kier molecular flexibility index (Phi) is 3.73. The standard InChI is InChI=1S/C11H12F2N4O2S/c1-17-11(14)7(5-15-17)6-16-20(18,19)8-2-3-9(12)10(13)4-8/h2-5,16H,6,14H2,1H3. The van der Waals surface area contributed by atoms with Gasteiger partial charge in [-0.05, 0) is 18.2 Å². The minimum atomic E-state index is -3.95. The molecule has 1 aromatic heterocycles. The van der Waals surface area contributed by atoms with E-state index in [2.05, 4.69) is 9.82 Å². The molecule has 0 aliphatic carbocycles. The lowest BCUT2D eigenvalue weighted by Crippen LogP contribution is -2.23. The fourth-order valence-electron chi connectivity index (χ4n) is 1.53. The number of hydrogen-bond acceptors (Lipinski definition) is 4. The van der Waals surface area contributed by atoms with E-state index in [-0.39, 0.29) is 11.4 Å². The van der Waals surface area contributed by atoms with Gasteiger partial charge in [0.25, 0.3) is 0 Å². The number of anilines is 1. The topological polar surface area (TPSA) is 90.0 Å². The van der Waals surface area contributed by atoms with Crippen LogP contribution < -0.4 is 10.5 Å². The van der Waals surface area contributed by atoms with E-state index in [1.165, 1.54) is 10.9 Å². The van der Waals surface area contributed by atoms with Gasteiger partial charge < -0.3 is 5.73 Å². The third-order valence-corrected chi connectivity index (χ3v) is 4.12. The Morgan fingerprint density at radius 2 is 2.05 bits per heavy atom. The second-order valence-electron chi connectivity index (χ2n) is 4.08. The number of aryl methyl sites for hydroxylation is 1. The smallest absolute Gasteiger partial charge is 0.240 e. The number of halogens is 2. The predicted molar refractivity (Wildman–Crippen MR) is 68.0 cm³/mol. The summed E-state index contributed by atoms with van der Waals surface area (Å²) in [5.74, 6) is -2.02. The van der Waals surface area contributed by atoms with Gasteiger partial charge in [-0.25, -0.2) is 21.9 Å². The average Bonchev–Trinajstić information content (AvgIpc) is 2.71. The van der Waals surface area contributed by atoms with Gasteiger partial charge in [0.05, 0.1) is 11.1 Å². The fraction of sp³-hybridized carbons (Fsp3) is 0.182. The summed E-state index contributed by atoms with van der Waals surface area (Å²) < 4.78 is 53.3. The summed E-state index contributed by atoms with van der Waals surface area (Å²) in [6.07, 6.45) is 1.42. The first kappa shape index (κ1) is 14.4. The van der Waals surface area contributed by atoms with Gasteiger partial charge in [0.15, 0.2) is 11.6 Å². The molecule has 0 radical (unpaired) electrons. The largest absolute Gasteiger partial charge is 0.384 e. The van der Waals surface area contributed by atoms with Gasteiger partial charge in [-0.3, -0.25) is 4.68 Å². The number of nitrogens with zero attached hydrogens (tertiary/aromatic N) is 2. The lowest BCUT2D eigenvalue weighted by Gasteiger charge is -2.06. The van der Waals surface area contributed by atoms with Gasteiger partial charge in [-0.1, -0.05) is 0 Å². The molecule has 0 spiro atoms. The molecule has 0 saturated carbocycles. The van der Waals surface area contributed by atoms with Crippen molar-refractivity contribution in [1.82, 2.24) is 14.5 Å². The lowest BCUT2D eigenvalue weighted by molar-refractivity contribution is 0.504. The van der Waals surface area contributed by atoms with E-state index in [1.54, 1.807) is 7.05 Å². The van der Waals surface area contributed by atoms with Crippen LogP contribution in [0.2, 0.25) is 0 Å². The maximum atomic E-state index is 13.0. The highest BCUT2D eigenvalue weighted by Gasteiger charge is 2.17. The van der Waals surface area contributed by atoms with Crippen molar-refractivity contribution in [1.29, 1.82) is 0 Å². The summed E-state index contributed by atoms with van der Waals surface area (Å²) in [5, 5.41) is 3.86. The molecule has 6 nitrogen and oxygen atoms in total. The zero-order valence-electron chi connectivity index (χ0n) is 10.5. The van der Waals surface area contributed by atoms with E-state index < -0.39 is 21.7 Å². The summed E-state index contributed by atoms with van der Waals surface area (Å²) in [6.45, 7) is -0.0962. The van der Waals surface area contributed by atoms with Crippen molar-refractivity contribution in [3.8, 4) is 0 Å². The number of nitrogens with one attached hydrogen (secondary N) is 1. The summed E-state index contributed by atoms with van der Waals surface area (Å²) >= 11 is 0. The van der Waals surface area contributed by atoms with Gasteiger partial charge in [0, 0.05) is 19.2 Å². The Morgan fingerprint density at radius 1 is 1.35 bits per heavy atom. The molecule has 0 aliphatic rings. The van der Waals surface area contributed by atoms with E-state index in [4.69, 9.17) is 5.73 Å². The minimum absolute atomic E-state index is 0.0962. The number of nitrogen functional groups attached to an aromatic ring is 1. The van der Waals surface area contributed by atoms with Crippen LogP contribution in [0.4, 0.5) is 14.6 Å². The van der Waals surface area contributed by atoms with Crippen molar-refractivity contribution < 1.29 is 17.2 Å². The molecule has 0 unspecified atom stereocenters. The molecule has 0 saturated heterocycles. The molecule has 1 aromatic carbocycles. The number of hydrogen-bond donors (Lipinski definition) is 2. The van der Waals surface area contributed by atoms with Crippen molar-refractivity contribution in [3.05, 3.63) is 41.6 Å². The molecule has 0 atom stereocenters. The molecule has 0 bridgehead atoms. The molecular weight excluding hydrogens is 290 g/mol. The van der Waals surface area contributed by atoms with Crippen molar-refractivity contribution in [2.24, 2.45) is 7.05 Å². The number of benzene rings is 1. The highest BCUT2D eigenvalue weighted by atomic mass is 32.2. The second-order valence-corrected chi connectivity index (χ2v) is 5.85. The molecule has 2 rings (SSSR count). The Hall–Kier alpha value is -2.00. The molecule has 0 fully saturated rings. The zero-order valence-corrected chi connectivity index (χ0v) is 11.3. The molecule has 1 heterocycles. The first-order valence-corrected chi connectivity index (χ1v) is 7.00. The normalized spacial score (nSPS) is 11.8. The summed E-state index contributed by atoms with van der Waals surface area (Å²) in [7, 11) is -2.34. The van der Waals surface area contributed by atoms with Crippen molar-refractivity contribution in [2.75, 3.05) is 5.73 Å². The molecule has 3 N–H and O–H groups in total. The number of aromatic nitrogens is 2. The average molecular weight is 302 g/mol. The van der Waals surface area contributed by atoms with Crippen LogP contribution in [0, 0.1) is 11.6 Å². The van der Waals surface area contributed by atoms with Crippen LogP contribution >= 0.6 is 0 Å². The van der Waals surface area contributed by atoms with Crippen molar-refractivity contribution in [2.45, 2.75) is 11.4 Å². The monoisotopic (exact) mass is 302 g/mol. The first-order chi connectivity index (χ1) is 9.31. The third-order valence-electron chi connectivity index (χ3n) is 2.72. The Labute approximate surface area is 114 Å². The van der Waals surface area contributed by atoms with Crippen LogP contribution in [0.15, 0.2) is 29.3 Å². The van der Waals surface area contributed by atoms with Crippen molar-refractivity contribution in [3.63, 3.8) is 0 Å². The van der Waals surface area contributed by atoms with E-state index in [9.17, 15) is 17.2 Å². The van der Waals surface area contributed by atoms with Gasteiger partial charge in [-0.15, -0.1) is 0 Å². The van der Waals surface area contributed by atoms with Gasteiger partial charge in [-0.2, -0.15) is 5.10 Å². The molecule has 2 aromatic rings. The molecule has 0 amide bonds. The maximum Gasteiger partial charge on any atom is 0.240 e. The van der Waals surface area contributed by atoms with Crippen LogP contribution in [-0.4, -0.2) is 18.2 Å². The van der Waals surface area contributed by atoms with E-state index >= 15 is 0 Å². The van der Waals surface area contributed by atoms with Crippen LogP contribution in [0.5, 0.6) is 0 Å². The maximum absolute atomic E-state index is 13.0. The Bertz CT molecular complexity index is 743. The highest BCUT2D eigenvalue weighted by molar-refractivity contribution is 7.89. The number of rotatable bonds is 4. The zero-order chi connectivity index (χ0) is 14.9. The van der Waals surface area contributed by atoms with Crippen LogP contribution in [0.25, 0.3) is 0 Å². The van der Waals surface area contributed by atoms with E-state index in [1.807, 2.05) is 0 Å². The third kappa shape index (κ3) is 2.78. The molecule has 0 aliphatic heterocycles.